The van der Waals surface area contributed by atoms with Gasteiger partial charge >= 0.3 is 0 Å². The number of aryl methyl sites for hydroxylation is 1. The van der Waals surface area contributed by atoms with Gasteiger partial charge in [0.25, 0.3) is 6.43 Å². The Morgan fingerprint density at radius 1 is 1.09 bits per heavy atom. The minimum absolute atomic E-state index is 0.0188. The second-order valence-electron chi connectivity index (χ2n) is 11.9. The van der Waals surface area contributed by atoms with Crippen molar-refractivity contribution in [2.45, 2.75) is 31.7 Å². The number of benzene rings is 2. The van der Waals surface area contributed by atoms with Crippen LogP contribution in [0.15, 0.2) is 54.9 Å². The molecule has 1 spiro atoms. The fourth-order valence-corrected chi connectivity index (χ4v) is 6.81. The summed E-state index contributed by atoms with van der Waals surface area (Å²) in [4.78, 5) is 36.9. The summed E-state index contributed by atoms with van der Waals surface area (Å²) in [6.45, 7) is 3.26. The van der Waals surface area contributed by atoms with Crippen LogP contribution in [0.2, 0.25) is 0 Å². The van der Waals surface area contributed by atoms with Crippen molar-refractivity contribution in [3.05, 3.63) is 66.0 Å². The van der Waals surface area contributed by atoms with Gasteiger partial charge in [-0.2, -0.15) is 5.10 Å². The third-order valence-corrected chi connectivity index (χ3v) is 9.28. The lowest BCUT2D eigenvalue weighted by molar-refractivity contribution is -0.132. The summed E-state index contributed by atoms with van der Waals surface area (Å²) in [5.41, 5.74) is 9.92. The van der Waals surface area contributed by atoms with Crippen molar-refractivity contribution in [2.24, 2.45) is 12.5 Å². The molecule has 10 nitrogen and oxygen atoms in total. The minimum atomic E-state index is -2.56. The number of rotatable bonds is 6. The summed E-state index contributed by atoms with van der Waals surface area (Å²) >= 11 is 0. The first-order valence-corrected chi connectivity index (χ1v) is 14.7. The highest BCUT2D eigenvalue weighted by Gasteiger charge is 2.51. The van der Waals surface area contributed by atoms with Crippen molar-refractivity contribution in [1.82, 2.24) is 30.0 Å². The Labute approximate surface area is 248 Å². The predicted octanol–water partition coefficient (Wildman–Crippen LogP) is 3.46. The highest BCUT2D eigenvalue weighted by molar-refractivity contribution is 6.00. The van der Waals surface area contributed by atoms with Crippen LogP contribution in [0.25, 0.3) is 17.0 Å². The van der Waals surface area contributed by atoms with Crippen molar-refractivity contribution in [3.8, 4) is 11.4 Å². The number of halogens is 2. The number of hydrazine groups is 1. The molecule has 2 aromatic carbocycles. The normalized spacial score (nSPS) is 23.8. The topological polar surface area (TPSA) is 98.6 Å². The van der Waals surface area contributed by atoms with Gasteiger partial charge in [0.15, 0.2) is 5.82 Å². The van der Waals surface area contributed by atoms with Crippen molar-refractivity contribution >= 4 is 28.8 Å². The van der Waals surface area contributed by atoms with E-state index in [1.165, 1.54) is 5.57 Å². The molecule has 7 rings (SSSR count). The van der Waals surface area contributed by atoms with Crippen molar-refractivity contribution < 1.29 is 18.4 Å². The first-order chi connectivity index (χ1) is 20.8. The molecule has 224 valence electrons. The van der Waals surface area contributed by atoms with E-state index < -0.39 is 17.9 Å². The maximum Gasteiger partial charge on any atom is 0.259 e. The van der Waals surface area contributed by atoms with Crippen molar-refractivity contribution in [2.75, 3.05) is 49.6 Å². The SMILES string of the molecule is Cn1cnc(-c2ccc(C3=CCN(C(=O)CN4CC[C@]5(CCN(c6ccc7c(c6)C(C(F)F)NN7)C5=O)C4)CC3)cc2)n1. The number of hydrogen-bond acceptors (Lipinski definition) is 7. The van der Waals surface area contributed by atoms with Crippen LogP contribution < -0.4 is 15.8 Å². The molecule has 0 radical (unpaired) electrons. The number of hydrogen-bond donors (Lipinski definition) is 2. The van der Waals surface area contributed by atoms with E-state index in [1.54, 1.807) is 34.1 Å². The molecule has 2 fully saturated rings. The zero-order valence-corrected chi connectivity index (χ0v) is 24.0. The number of anilines is 2. The molecule has 4 aliphatic rings. The van der Waals surface area contributed by atoms with Crippen LogP contribution in [0.5, 0.6) is 0 Å². The molecular formula is C31H34F2N8O2. The van der Waals surface area contributed by atoms with Gasteiger partial charge < -0.3 is 15.2 Å². The first-order valence-electron chi connectivity index (χ1n) is 14.7. The van der Waals surface area contributed by atoms with Crippen LogP contribution in [0.4, 0.5) is 20.2 Å². The summed E-state index contributed by atoms with van der Waals surface area (Å²) in [6.07, 6.45) is 3.41. The lowest BCUT2D eigenvalue weighted by Gasteiger charge is -2.29. The Morgan fingerprint density at radius 2 is 1.88 bits per heavy atom. The van der Waals surface area contributed by atoms with E-state index in [0.717, 1.165) is 17.5 Å². The van der Waals surface area contributed by atoms with Gasteiger partial charge in [0.05, 0.1) is 17.6 Å². The molecule has 1 aromatic heterocycles. The Morgan fingerprint density at radius 3 is 2.60 bits per heavy atom. The average Bonchev–Trinajstić information content (AvgIpc) is 3.81. The quantitative estimate of drug-likeness (QED) is 0.455. The Balaban J connectivity index is 0.948. The van der Waals surface area contributed by atoms with Gasteiger partial charge in [-0.3, -0.25) is 19.2 Å². The van der Waals surface area contributed by atoms with Crippen LogP contribution in [0, 0.1) is 5.41 Å². The number of likely N-dealkylation sites (tertiary alicyclic amines) is 1. The van der Waals surface area contributed by atoms with Gasteiger partial charge in [-0.1, -0.05) is 30.3 Å². The van der Waals surface area contributed by atoms with E-state index in [1.807, 2.05) is 24.1 Å². The largest absolute Gasteiger partial charge is 0.338 e. The molecule has 0 saturated carbocycles. The van der Waals surface area contributed by atoms with Gasteiger partial charge in [0, 0.05) is 50.0 Å². The molecule has 2 amide bonds. The second kappa shape index (κ2) is 10.8. The first kappa shape index (κ1) is 27.7. The van der Waals surface area contributed by atoms with Crippen LogP contribution in [0.1, 0.15) is 36.4 Å². The highest BCUT2D eigenvalue weighted by Crippen LogP contribution is 2.44. The van der Waals surface area contributed by atoms with Gasteiger partial charge in [-0.25, -0.2) is 19.2 Å². The standard InChI is InChI=1S/C31H34F2N8O2/c1-38-19-34-29(37-38)22-4-2-20(3-5-22)21-8-12-40(13-9-21)26(42)17-39-14-10-31(18-39)11-15-41(30(31)43)23-6-7-25-24(16-23)27(28(32)33)36-35-25/h2-8,16,19,27-28,35-36H,9-15,17-18H2,1H3/t27?,31-/m0/s1. The summed E-state index contributed by atoms with van der Waals surface area (Å²) in [5, 5.41) is 4.35. The molecule has 2 atom stereocenters. The maximum atomic E-state index is 13.7. The van der Waals surface area contributed by atoms with E-state index in [4.69, 9.17) is 0 Å². The number of nitrogens with one attached hydrogen (secondary N) is 2. The predicted molar refractivity (Wildman–Crippen MR) is 158 cm³/mol. The number of fused-ring (bicyclic) bond motifs is 1. The molecule has 2 saturated heterocycles. The third-order valence-electron chi connectivity index (χ3n) is 9.28. The lowest BCUT2D eigenvalue weighted by atomic mass is 9.85. The summed E-state index contributed by atoms with van der Waals surface area (Å²) < 4.78 is 28.6. The van der Waals surface area contributed by atoms with Crippen molar-refractivity contribution in [3.63, 3.8) is 0 Å². The van der Waals surface area contributed by atoms with Gasteiger partial charge in [-0.05, 0) is 55.1 Å². The summed E-state index contributed by atoms with van der Waals surface area (Å²) in [6, 6.07) is 12.3. The van der Waals surface area contributed by atoms with Crippen LogP contribution in [-0.4, -0.2) is 82.1 Å². The molecular weight excluding hydrogens is 554 g/mol. The third kappa shape index (κ3) is 5.08. The number of alkyl halides is 2. The van der Waals surface area contributed by atoms with E-state index in [0.29, 0.717) is 68.3 Å². The fourth-order valence-electron chi connectivity index (χ4n) is 6.81. The highest BCUT2D eigenvalue weighted by atomic mass is 19.3. The van der Waals surface area contributed by atoms with E-state index in [2.05, 4.69) is 44.0 Å². The van der Waals surface area contributed by atoms with Crippen molar-refractivity contribution in [1.29, 1.82) is 0 Å². The van der Waals surface area contributed by atoms with E-state index in [9.17, 15) is 18.4 Å². The lowest BCUT2D eigenvalue weighted by Crippen LogP contribution is -2.43. The van der Waals surface area contributed by atoms with Crippen LogP contribution >= 0.6 is 0 Å². The second-order valence-corrected chi connectivity index (χ2v) is 11.9. The van der Waals surface area contributed by atoms with Gasteiger partial charge in [0.2, 0.25) is 11.8 Å². The molecule has 0 aliphatic carbocycles. The monoisotopic (exact) mass is 588 g/mol. The number of aromatic nitrogens is 3. The van der Waals surface area contributed by atoms with Crippen LogP contribution in [-0.2, 0) is 16.6 Å². The number of carbonyl (C=O) groups excluding carboxylic acids is 2. The zero-order chi connectivity index (χ0) is 29.7. The van der Waals surface area contributed by atoms with Gasteiger partial charge in [0.1, 0.15) is 12.4 Å². The smallest absolute Gasteiger partial charge is 0.259 e. The number of carbonyl (C=O) groups is 2. The fraction of sp³-hybridized carbons (Fsp3) is 0.419. The minimum Gasteiger partial charge on any atom is -0.338 e. The molecule has 3 aromatic rings. The summed E-state index contributed by atoms with van der Waals surface area (Å²) in [7, 11) is 1.84. The molecule has 0 bridgehead atoms. The molecule has 5 heterocycles. The molecule has 2 N–H and O–H groups in total. The number of nitrogens with zero attached hydrogens (tertiary/aromatic N) is 6. The Bertz CT molecular complexity index is 1590. The summed E-state index contributed by atoms with van der Waals surface area (Å²) in [5.74, 6) is 0.786. The zero-order valence-electron chi connectivity index (χ0n) is 24.0. The van der Waals surface area contributed by atoms with E-state index in [-0.39, 0.29) is 18.4 Å². The Kier molecular flexibility index (Phi) is 6.97. The molecule has 4 aliphatic heterocycles. The molecule has 12 heteroatoms. The van der Waals surface area contributed by atoms with Crippen LogP contribution in [0.3, 0.4) is 0 Å². The molecule has 1 unspecified atom stereocenters. The Hall–Kier alpha value is -4.16. The van der Waals surface area contributed by atoms with E-state index >= 15 is 0 Å². The number of amides is 2. The molecule has 43 heavy (non-hydrogen) atoms. The maximum absolute atomic E-state index is 13.7. The van der Waals surface area contributed by atoms with Gasteiger partial charge in [-0.15, -0.1) is 0 Å². The average molecular weight is 589 g/mol.